The third-order valence-corrected chi connectivity index (χ3v) is 4.43. The van der Waals surface area contributed by atoms with Gasteiger partial charge in [-0.2, -0.15) is 0 Å². The van der Waals surface area contributed by atoms with E-state index in [1.54, 1.807) is 0 Å². The van der Waals surface area contributed by atoms with Crippen molar-refractivity contribution in [2.45, 2.75) is 51.5 Å². The molecule has 1 heterocycles. The third kappa shape index (κ3) is 5.54. The molecule has 2 rings (SSSR count). The Labute approximate surface area is 140 Å². The predicted molar refractivity (Wildman–Crippen MR) is 93.8 cm³/mol. The number of piperidine rings is 1. The first-order valence-electron chi connectivity index (χ1n) is 8.91. The van der Waals surface area contributed by atoms with Gasteiger partial charge in [0.05, 0.1) is 12.6 Å². The van der Waals surface area contributed by atoms with Crippen LogP contribution in [0, 0.1) is 0 Å². The van der Waals surface area contributed by atoms with E-state index >= 15 is 0 Å². The van der Waals surface area contributed by atoms with Gasteiger partial charge in [-0.05, 0) is 57.3 Å². The SMILES string of the molecule is CCCOc1ccccc1CCCNC(=O)[C@H]1CCCCN1C. The van der Waals surface area contributed by atoms with Crippen LogP contribution in [0.2, 0.25) is 0 Å². The van der Waals surface area contributed by atoms with Crippen LogP contribution in [0.1, 0.15) is 44.6 Å². The number of rotatable bonds is 8. The molecule has 0 bridgehead atoms. The molecule has 1 fully saturated rings. The van der Waals surface area contributed by atoms with Crippen molar-refractivity contribution in [3.63, 3.8) is 0 Å². The smallest absolute Gasteiger partial charge is 0.237 e. The van der Waals surface area contributed by atoms with Gasteiger partial charge in [0, 0.05) is 6.54 Å². The molecule has 0 aliphatic carbocycles. The monoisotopic (exact) mass is 318 g/mol. The Bertz CT molecular complexity index is 490. The summed E-state index contributed by atoms with van der Waals surface area (Å²) in [6.45, 7) is 4.62. The molecule has 0 radical (unpaired) electrons. The number of likely N-dealkylation sites (tertiary alicyclic amines) is 1. The minimum Gasteiger partial charge on any atom is -0.493 e. The molecule has 0 unspecified atom stereocenters. The Morgan fingerprint density at radius 1 is 1.35 bits per heavy atom. The first-order valence-corrected chi connectivity index (χ1v) is 8.91. The molecule has 1 aromatic rings. The number of hydrogen-bond donors (Lipinski definition) is 1. The fourth-order valence-electron chi connectivity index (χ4n) is 3.08. The van der Waals surface area contributed by atoms with Gasteiger partial charge in [0.2, 0.25) is 5.91 Å². The number of carbonyl (C=O) groups is 1. The fourth-order valence-corrected chi connectivity index (χ4v) is 3.08. The number of benzene rings is 1. The Balaban J connectivity index is 1.73. The average Bonchev–Trinajstić information content (AvgIpc) is 2.58. The highest BCUT2D eigenvalue weighted by atomic mass is 16.5. The topological polar surface area (TPSA) is 41.6 Å². The molecule has 1 aliphatic rings. The summed E-state index contributed by atoms with van der Waals surface area (Å²) in [6.07, 6.45) is 6.23. The maximum atomic E-state index is 12.3. The molecule has 23 heavy (non-hydrogen) atoms. The molecule has 1 saturated heterocycles. The van der Waals surface area contributed by atoms with E-state index in [1.807, 2.05) is 25.2 Å². The van der Waals surface area contributed by atoms with Crippen LogP contribution in [0.25, 0.3) is 0 Å². The molecule has 128 valence electrons. The molecule has 1 amide bonds. The predicted octanol–water partition coefficient (Wildman–Crippen LogP) is 3.01. The summed E-state index contributed by atoms with van der Waals surface area (Å²) >= 11 is 0. The second-order valence-corrected chi connectivity index (χ2v) is 6.34. The number of amides is 1. The second kappa shape index (κ2) is 9.56. The Morgan fingerprint density at radius 2 is 2.17 bits per heavy atom. The number of nitrogens with one attached hydrogen (secondary N) is 1. The summed E-state index contributed by atoms with van der Waals surface area (Å²) in [4.78, 5) is 14.4. The van der Waals surface area contributed by atoms with Crippen molar-refractivity contribution in [3.05, 3.63) is 29.8 Å². The van der Waals surface area contributed by atoms with Crippen molar-refractivity contribution in [1.82, 2.24) is 10.2 Å². The summed E-state index contributed by atoms with van der Waals surface area (Å²) in [5, 5.41) is 3.09. The first kappa shape index (κ1) is 17.8. The fraction of sp³-hybridized carbons (Fsp3) is 0.632. The molecule has 0 aromatic heterocycles. The molecule has 0 saturated carbocycles. The highest BCUT2D eigenvalue weighted by Gasteiger charge is 2.25. The lowest BCUT2D eigenvalue weighted by Gasteiger charge is -2.31. The van der Waals surface area contributed by atoms with E-state index in [0.29, 0.717) is 0 Å². The molecule has 1 N–H and O–H groups in total. The zero-order chi connectivity index (χ0) is 16.5. The van der Waals surface area contributed by atoms with Crippen molar-refractivity contribution in [2.24, 2.45) is 0 Å². The van der Waals surface area contributed by atoms with Crippen molar-refractivity contribution in [1.29, 1.82) is 0 Å². The first-order chi connectivity index (χ1) is 11.2. The van der Waals surface area contributed by atoms with E-state index in [2.05, 4.69) is 23.2 Å². The zero-order valence-corrected chi connectivity index (χ0v) is 14.5. The van der Waals surface area contributed by atoms with Crippen LogP contribution in [0.5, 0.6) is 5.75 Å². The summed E-state index contributed by atoms with van der Waals surface area (Å²) in [5.74, 6) is 1.16. The average molecular weight is 318 g/mol. The van der Waals surface area contributed by atoms with E-state index in [4.69, 9.17) is 4.74 Å². The molecule has 1 atom stereocenters. The summed E-state index contributed by atoms with van der Waals surface area (Å²) in [6, 6.07) is 8.25. The lowest BCUT2D eigenvalue weighted by molar-refractivity contribution is -0.127. The number of aryl methyl sites for hydroxylation is 1. The van der Waals surface area contributed by atoms with Gasteiger partial charge < -0.3 is 10.1 Å². The van der Waals surface area contributed by atoms with Gasteiger partial charge in [0.25, 0.3) is 0 Å². The number of hydrogen-bond acceptors (Lipinski definition) is 3. The van der Waals surface area contributed by atoms with Gasteiger partial charge in [0.15, 0.2) is 0 Å². The number of carbonyl (C=O) groups excluding carboxylic acids is 1. The standard InChI is InChI=1S/C19H30N2O2/c1-3-15-23-18-12-5-4-9-16(18)10-8-13-20-19(22)17-11-6-7-14-21(17)2/h4-5,9,12,17H,3,6-8,10-11,13-15H2,1-2H3,(H,20,22)/t17-/m1/s1. The van der Waals surface area contributed by atoms with Gasteiger partial charge in [-0.1, -0.05) is 31.5 Å². The lowest BCUT2D eigenvalue weighted by atomic mass is 10.0. The van der Waals surface area contributed by atoms with Crippen LogP contribution in [-0.2, 0) is 11.2 Å². The molecule has 0 spiro atoms. The Morgan fingerprint density at radius 3 is 2.96 bits per heavy atom. The molecule has 4 nitrogen and oxygen atoms in total. The maximum absolute atomic E-state index is 12.3. The van der Waals surface area contributed by atoms with Crippen LogP contribution in [0.4, 0.5) is 0 Å². The lowest BCUT2D eigenvalue weighted by Crippen LogP contribution is -2.47. The summed E-state index contributed by atoms with van der Waals surface area (Å²) in [5.41, 5.74) is 1.23. The Kier molecular flexibility index (Phi) is 7.40. The number of ether oxygens (including phenoxy) is 1. The largest absolute Gasteiger partial charge is 0.493 e. The van der Waals surface area contributed by atoms with Crippen LogP contribution >= 0.6 is 0 Å². The number of likely N-dealkylation sites (N-methyl/N-ethyl adjacent to an activating group) is 1. The van der Waals surface area contributed by atoms with Crippen molar-refractivity contribution in [3.8, 4) is 5.75 Å². The van der Waals surface area contributed by atoms with E-state index in [1.165, 1.54) is 12.0 Å². The minimum atomic E-state index is 0.0592. The van der Waals surface area contributed by atoms with Crippen molar-refractivity contribution >= 4 is 5.91 Å². The zero-order valence-electron chi connectivity index (χ0n) is 14.5. The van der Waals surface area contributed by atoms with Crippen molar-refractivity contribution < 1.29 is 9.53 Å². The number of nitrogens with zero attached hydrogens (tertiary/aromatic N) is 1. The van der Waals surface area contributed by atoms with Gasteiger partial charge >= 0.3 is 0 Å². The second-order valence-electron chi connectivity index (χ2n) is 6.34. The van der Waals surface area contributed by atoms with Crippen LogP contribution in [0.15, 0.2) is 24.3 Å². The van der Waals surface area contributed by atoms with Gasteiger partial charge in [-0.15, -0.1) is 0 Å². The van der Waals surface area contributed by atoms with E-state index in [9.17, 15) is 4.79 Å². The summed E-state index contributed by atoms with van der Waals surface area (Å²) < 4.78 is 5.78. The minimum absolute atomic E-state index is 0.0592. The molecule has 1 aromatic carbocycles. The molecule has 4 heteroatoms. The quantitative estimate of drug-likeness (QED) is 0.749. The molecular weight excluding hydrogens is 288 g/mol. The third-order valence-electron chi connectivity index (χ3n) is 4.43. The van der Waals surface area contributed by atoms with E-state index < -0.39 is 0 Å². The highest BCUT2D eigenvalue weighted by Crippen LogP contribution is 2.19. The number of para-hydroxylation sites is 1. The Hall–Kier alpha value is -1.55. The van der Waals surface area contributed by atoms with Gasteiger partial charge in [-0.3, -0.25) is 9.69 Å². The normalized spacial score (nSPS) is 18.6. The van der Waals surface area contributed by atoms with Crippen LogP contribution in [0.3, 0.4) is 0 Å². The maximum Gasteiger partial charge on any atom is 0.237 e. The molecular formula is C19H30N2O2. The summed E-state index contributed by atoms with van der Waals surface area (Å²) in [7, 11) is 2.05. The van der Waals surface area contributed by atoms with E-state index in [0.717, 1.165) is 57.6 Å². The highest BCUT2D eigenvalue weighted by molar-refractivity contribution is 5.81. The molecule has 1 aliphatic heterocycles. The van der Waals surface area contributed by atoms with Crippen molar-refractivity contribution in [2.75, 3.05) is 26.7 Å². The van der Waals surface area contributed by atoms with Crippen LogP contribution in [-0.4, -0.2) is 43.6 Å². The van der Waals surface area contributed by atoms with Gasteiger partial charge in [-0.25, -0.2) is 0 Å². The van der Waals surface area contributed by atoms with Crippen LogP contribution < -0.4 is 10.1 Å². The van der Waals surface area contributed by atoms with E-state index in [-0.39, 0.29) is 11.9 Å². The van der Waals surface area contributed by atoms with Gasteiger partial charge in [0.1, 0.15) is 5.75 Å².